The van der Waals surface area contributed by atoms with Crippen LogP contribution in [0.1, 0.15) is 18.2 Å². The second-order valence-corrected chi connectivity index (χ2v) is 7.64. The van der Waals surface area contributed by atoms with E-state index < -0.39 is 73.6 Å². The van der Waals surface area contributed by atoms with E-state index in [0.717, 1.165) is 9.13 Å². The molecule has 0 spiro atoms. The summed E-state index contributed by atoms with van der Waals surface area (Å²) >= 11 is 0. The van der Waals surface area contributed by atoms with Crippen LogP contribution in [-0.2, 0) is 20.8 Å². The van der Waals surface area contributed by atoms with Crippen molar-refractivity contribution >= 4 is 0 Å². The smallest absolute Gasteiger partial charge is 0.333 e. The van der Waals surface area contributed by atoms with Gasteiger partial charge in [0.25, 0.3) is 5.56 Å². The van der Waals surface area contributed by atoms with Gasteiger partial charge in [0, 0.05) is 18.2 Å². The first-order valence-electron chi connectivity index (χ1n) is 9.88. The van der Waals surface area contributed by atoms with Crippen molar-refractivity contribution in [3.05, 3.63) is 32.6 Å². The molecule has 3 rings (SSSR count). The number of nitrogens with zero attached hydrogens (tertiary/aromatic N) is 2. The first-order valence-corrected chi connectivity index (χ1v) is 9.88. The molecule has 2 saturated heterocycles. The first kappa shape index (κ1) is 24.0. The van der Waals surface area contributed by atoms with E-state index in [2.05, 4.69) is 0 Å². The van der Waals surface area contributed by atoms with Crippen molar-refractivity contribution < 1.29 is 44.8 Å². The normalized spacial score (nSPS) is 36.1. The standard InChI is InChI=1S/C18H28N2O11/c1-8-5-20(12-4-9(23)10(6-21)30-12)18(28)19(16(8)27)2-3-29-17-15(26)14(25)13(24)11(7-22)31-17/h5,9-15,17,21-26H,2-4,6-7H2,1H3/t9-,10+,11+,12+,13+,14-,15-,17-/m0/s1. The minimum Gasteiger partial charge on any atom is -0.394 e. The summed E-state index contributed by atoms with van der Waals surface area (Å²) in [6.07, 6.45) is -8.57. The largest absolute Gasteiger partial charge is 0.394 e. The predicted molar refractivity (Wildman–Crippen MR) is 101 cm³/mol. The lowest BCUT2D eigenvalue weighted by molar-refractivity contribution is -0.301. The number of rotatable bonds is 7. The second-order valence-electron chi connectivity index (χ2n) is 7.64. The van der Waals surface area contributed by atoms with E-state index in [1.165, 1.54) is 13.1 Å². The molecule has 0 radical (unpaired) electrons. The minimum atomic E-state index is -1.61. The predicted octanol–water partition coefficient (Wildman–Crippen LogP) is -4.22. The van der Waals surface area contributed by atoms with E-state index in [1.807, 2.05) is 0 Å². The SMILES string of the molecule is Cc1cn([C@H]2C[C@H](O)[C@@H](CO)O2)c(=O)n(CCO[C@H]2O[C@H](CO)[C@@H](O)[C@H](O)[C@@H]2O)c1=O. The maximum Gasteiger partial charge on any atom is 0.333 e. The highest BCUT2D eigenvalue weighted by atomic mass is 16.7. The summed E-state index contributed by atoms with van der Waals surface area (Å²) in [6, 6.07) is 0. The Bertz CT molecular complexity index is 869. The van der Waals surface area contributed by atoms with Gasteiger partial charge in [-0.25, -0.2) is 4.79 Å². The zero-order chi connectivity index (χ0) is 22.9. The van der Waals surface area contributed by atoms with Crippen molar-refractivity contribution in [2.24, 2.45) is 0 Å². The minimum absolute atomic E-state index is 0.0597. The van der Waals surface area contributed by atoms with Crippen LogP contribution >= 0.6 is 0 Å². The van der Waals surface area contributed by atoms with Crippen LogP contribution < -0.4 is 11.2 Å². The van der Waals surface area contributed by atoms with Gasteiger partial charge >= 0.3 is 5.69 Å². The Hall–Kier alpha value is -1.68. The van der Waals surface area contributed by atoms with Crippen molar-refractivity contribution in [2.75, 3.05) is 19.8 Å². The van der Waals surface area contributed by atoms with Gasteiger partial charge < -0.3 is 44.8 Å². The molecule has 2 aliphatic rings. The molecule has 0 bridgehead atoms. The van der Waals surface area contributed by atoms with Gasteiger partial charge in [0.2, 0.25) is 0 Å². The van der Waals surface area contributed by atoms with E-state index >= 15 is 0 Å². The van der Waals surface area contributed by atoms with Gasteiger partial charge in [-0.2, -0.15) is 0 Å². The molecule has 2 fully saturated rings. The van der Waals surface area contributed by atoms with E-state index in [1.54, 1.807) is 0 Å². The molecule has 1 aromatic rings. The Balaban J connectivity index is 1.73. The summed E-state index contributed by atoms with van der Waals surface area (Å²) in [5, 5.41) is 57.9. The maximum atomic E-state index is 12.8. The highest BCUT2D eigenvalue weighted by Gasteiger charge is 2.44. The molecule has 6 N–H and O–H groups in total. The van der Waals surface area contributed by atoms with E-state index in [9.17, 15) is 40.2 Å². The Morgan fingerprint density at radius 3 is 2.32 bits per heavy atom. The average Bonchev–Trinajstić information content (AvgIpc) is 3.13. The fraction of sp³-hybridized carbons (Fsp3) is 0.778. The van der Waals surface area contributed by atoms with Crippen LogP contribution in [0.3, 0.4) is 0 Å². The third kappa shape index (κ3) is 4.74. The number of aliphatic hydroxyl groups excluding tert-OH is 6. The van der Waals surface area contributed by atoms with Crippen LogP contribution in [0.5, 0.6) is 0 Å². The zero-order valence-electron chi connectivity index (χ0n) is 16.9. The highest BCUT2D eigenvalue weighted by molar-refractivity contribution is 5.04. The first-order chi connectivity index (χ1) is 14.7. The van der Waals surface area contributed by atoms with Crippen LogP contribution in [0, 0.1) is 6.92 Å². The molecule has 0 aliphatic carbocycles. The number of aliphatic hydroxyl groups is 6. The van der Waals surface area contributed by atoms with Gasteiger partial charge in [-0.3, -0.25) is 13.9 Å². The summed E-state index contributed by atoms with van der Waals surface area (Å²) < 4.78 is 18.1. The second kappa shape index (κ2) is 9.85. The lowest BCUT2D eigenvalue weighted by Crippen LogP contribution is -2.59. The quantitative estimate of drug-likeness (QED) is 0.237. The average molecular weight is 448 g/mol. The molecule has 31 heavy (non-hydrogen) atoms. The molecule has 1 aromatic heterocycles. The monoisotopic (exact) mass is 448 g/mol. The van der Waals surface area contributed by atoms with Gasteiger partial charge in [0.15, 0.2) is 6.29 Å². The van der Waals surface area contributed by atoms with Crippen molar-refractivity contribution in [2.45, 2.75) is 69.0 Å². The molecule has 3 heterocycles. The van der Waals surface area contributed by atoms with Crippen LogP contribution in [0.2, 0.25) is 0 Å². The van der Waals surface area contributed by atoms with E-state index in [-0.39, 0.29) is 25.1 Å². The number of aryl methyl sites for hydroxylation is 1. The third-order valence-corrected chi connectivity index (χ3v) is 5.51. The van der Waals surface area contributed by atoms with Crippen molar-refractivity contribution in [3.63, 3.8) is 0 Å². The fourth-order valence-corrected chi connectivity index (χ4v) is 3.68. The van der Waals surface area contributed by atoms with Crippen LogP contribution in [0.15, 0.2) is 15.8 Å². The van der Waals surface area contributed by atoms with E-state index in [0.29, 0.717) is 0 Å². The van der Waals surface area contributed by atoms with Gasteiger partial charge in [-0.15, -0.1) is 0 Å². The Morgan fingerprint density at radius 1 is 1.03 bits per heavy atom. The summed E-state index contributed by atoms with van der Waals surface area (Å²) in [6.45, 7) is -0.0309. The van der Waals surface area contributed by atoms with Crippen molar-refractivity contribution in [1.82, 2.24) is 9.13 Å². The zero-order valence-corrected chi connectivity index (χ0v) is 16.9. The fourth-order valence-electron chi connectivity index (χ4n) is 3.68. The Morgan fingerprint density at radius 2 is 1.71 bits per heavy atom. The maximum absolute atomic E-state index is 12.8. The lowest BCUT2D eigenvalue weighted by Gasteiger charge is -2.39. The Labute approximate surface area is 176 Å². The van der Waals surface area contributed by atoms with Gasteiger partial charge in [0.05, 0.1) is 32.5 Å². The molecular formula is C18H28N2O11. The summed E-state index contributed by atoms with van der Waals surface area (Å²) in [7, 11) is 0. The summed E-state index contributed by atoms with van der Waals surface area (Å²) in [4.78, 5) is 25.3. The molecule has 8 atom stereocenters. The number of aromatic nitrogens is 2. The van der Waals surface area contributed by atoms with Crippen LogP contribution in [0.4, 0.5) is 0 Å². The van der Waals surface area contributed by atoms with Gasteiger partial charge in [0.1, 0.15) is 36.7 Å². The highest BCUT2D eigenvalue weighted by Crippen LogP contribution is 2.27. The topological polar surface area (TPSA) is 193 Å². The van der Waals surface area contributed by atoms with Crippen LogP contribution in [-0.4, -0.2) is 103 Å². The Kier molecular flexibility index (Phi) is 7.62. The van der Waals surface area contributed by atoms with E-state index in [4.69, 9.17) is 14.2 Å². The molecule has 13 heteroatoms. The molecule has 0 amide bonds. The molecule has 176 valence electrons. The molecule has 0 unspecified atom stereocenters. The third-order valence-electron chi connectivity index (χ3n) is 5.51. The summed E-state index contributed by atoms with van der Waals surface area (Å²) in [5.41, 5.74) is -1.06. The molecule has 2 aliphatic heterocycles. The molecular weight excluding hydrogens is 420 g/mol. The number of hydrogen-bond acceptors (Lipinski definition) is 11. The van der Waals surface area contributed by atoms with Crippen molar-refractivity contribution in [3.8, 4) is 0 Å². The van der Waals surface area contributed by atoms with Gasteiger partial charge in [-0.05, 0) is 6.92 Å². The molecule has 0 aromatic carbocycles. The number of ether oxygens (including phenoxy) is 3. The number of hydrogen-bond donors (Lipinski definition) is 6. The van der Waals surface area contributed by atoms with Crippen LogP contribution in [0.25, 0.3) is 0 Å². The van der Waals surface area contributed by atoms with Gasteiger partial charge in [-0.1, -0.05) is 0 Å². The lowest BCUT2D eigenvalue weighted by atomic mass is 9.99. The molecule has 13 nitrogen and oxygen atoms in total. The summed E-state index contributed by atoms with van der Waals surface area (Å²) in [5.74, 6) is 0. The van der Waals surface area contributed by atoms with Crippen molar-refractivity contribution in [1.29, 1.82) is 0 Å². The molecule has 0 saturated carbocycles.